The highest BCUT2D eigenvalue weighted by molar-refractivity contribution is 7.92. The van der Waals surface area contributed by atoms with Gasteiger partial charge < -0.3 is 5.32 Å². The molecule has 0 atom stereocenters. The molecular weight excluding hydrogens is 381 g/mol. The molecular formula is C18H13F3N2O3S. The summed E-state index contributed by atoms with van der Waals surface area (Å²) in [7, 11) is -3.94. The van der Waals surface area contributed by atoms with Crippen molar-refractivity contribution in [3.05, 3.63) is 66.7 Å². The third-order valence-corrected chi connectivity index (χ3v) is 5.08. The average Bonchev–Trinajstić information content (AvgIpc) is 2.61. The van der Waals surface area contributed by atoms with Gasteiger partial charge in [0, 0.05) is 11.4 Å². The summed E-state index contributed by atoms with van der Waals surface area (Å²) in [4.78, 5) is 10.7. The lowest BCUT2D eigenvalue weighted by molar-refractivity contribution is -0.167. The van der Waals surface area contributed by atoms with Crippen molar-refractivity contribution in [2.75, 3.05) is 10.0 Å². The van der Waals surface area contributed by atoms with E-state index in [4.69, 9.17) is 0 Å². The fourth-order valence-electron chi connectivity index (χ4n) is 2.39. The normalized spacial score (nSPS) is 12.0. The molecule has 0 radical (unpaired) electrons. The number of carbonyl (C=O) groups is 1. The summed E-state index contributed by atoms with van der Waals surface area (Å²) < 4.78 is 64.0. The second kappa shape index (κ2) is 6.92. The zero-order valence-electron chi connectivity index (χ0n) is 13.6. The van der Waals surface area contributed by atoms with Crippen LogP contribution in [0.2, 0.25) is 0 Å². The number of benzene rings is 3. The largest absolute Gasteiger partial charge is 0.471 e. The topological polar surface area (TPSA) is 75.3 Å². The van der Waals surface area contributed by atoms with Crippen LogP contribution < -0.4 is 10.0 Å². The maximum absolute atomic E-state index is 12.5. The molecule has 0 spiro atoms. The molecule has 0 bridgehead atoms. The van der Waals surface area contributed by atoms with Crippen molar-refractivity contribution in [1.82, 2.24) is 0 Å². The van der Waals surface area contributed by atoms with Gasteiger partial charge in [-0.25, -0.2) is 8.42 Å². The fraction of sp³-hybridized carbons (Fsp3) is 0.0556. The number of amides is 1. The molecule has 0 aliphatic heterocycles. The van der Waals surface area contributed by atoms with E-state index < -0.39 is 22.1 Å². The highest BCUT2D eigenvalue weighted by Gasteiger charge is 2.38. The molecule has 9 heteroatoms. The van der Waals surface area contributed by atoms with E-state index in [0.29, 0.717) is 5.69 Å². The predicted octanol–water partition coefficient (Wildman–Crippen LogP) is 4.14. The summed E-state index contributed by atoms with van der Waals surface area (Å²) in [6, 6.07) is 16.8. The molecule has 0 aromatic heterocycles. The monoisotopic (exact) mass is 394 g/mol. The van der Waals surface area contributed by atoms with E-state index in [9.17, 15) is 26.4 Å². The summed E-state index contributed by atoms with van der Waals surface area (Å²) in [5, 5.41) is 3.45. The van der Waals surface area contributed by atoms with Crippen LogP contribution in [0.5, 0.6) is 0 Å². The number of fused-ring (bicyclic) bond motifs is 1. The molecule has 3 aromatic carbocycles. The van der Waals surface area contributed by atoms with Gasteiger partial charge in [-0.2, -0.15) is 13.2 Å². The molecule has 2 N–H and O–H groups in total. The summed E-state index contributed by atoms with van der Waals surface area (Å²) in [5.74, 6) is -2.13. The number of sulfonamides is 1. The van der Waals surface area contributed by atoms with Gasteiger partial charge >= 0.3 is 12.1 Å². The van der Waals surface area contributed by atoms with Gasteiger partial charge in [0.2, 0.25) is 0 Å². The van der Waals surface area contributed by atoms with E-state index in [1.54, 1.807) is 23.5 Å². The molecule has 0 saturated carbocycles. The van der Waals surface area contributed by atoms with Gasteiger partial charge in [0.25, 0.3) is 10.0 Å². The Bertz CT molecular complexity index is 1090. The van der Waals surface area contributed by atoms with Crippen LogP contribution in [0.3, 0.4) is 0 Å². The third-order valence-electron chi connectivity index (χ3n) is 3.68. The van der Waals surface area contributed by atoms with Gasteiger partial charge in [0.15, 0.2) is 0 Å². The second-order valence-corrected chi connectivity index (χ2v) is 7.33. The molecule has 0 aliphatic rings. The van der Waals surface area contributed by atoms with Crippen LogP contribution in [0.15, 0.2) is 71.6 Å². The molecule has 27 heavy (non-hydrogen) atoms. The molecule has 0 heterocycles. The lowest BCUT2D eigenvalue weighted by Gasteiger charge is -2.11. The predicted molar refractivity (Wildman–Crippen MR) is 95.9 cm³/mol. The first-order valence-electron chi connectivity index (χ1n) is 7.65. The van der Waals surface area contributed by atoms with E-state index in [1.807, 2.05) is 24.3 Å². The first kappa shape index (κ1) is 18.7. The molecule has 140 valence electrons. The highest BCUT2D eigenvalue weighted by Crippen LogP contribution is 2.23. The van der Waals surface area contributed by atoms with Crippen molar-refractivity contribution in [2.45, 2.75) is 11.1 Å². The Balaban J connectivity index is 1.78. The van der Waals surface area contributed by atoms with Crippen LogP contribution in [0.1, 0.15) is 0 Å². The van der Waals surface area contributed by atoms with Gasteiger partial charge in [-0.15, -0.1) is 0 Å². The van der Waals surface area contributed by atoms with Crippen LogP contribution in [0, 0.1) is 0 Å². The van der Waals surface area contributed by atoms with E-state index in [1.165, 1.54) is 0 Å². The Labute approximate surface area is 152 Å². The SMILES string of the molecule is O=C(Nc1ccc(S(=O)(=O)Nc2ccc3ccccc3c2)cc1)C(F)(F)F. The molecule has 0 saturated heterocycles. The minimum absolute atomic E-state index is 0.152. The molecule has 1 amide bonds. The summed E-state index contributed by atoms with van der Waals surface area (Å²) >= 11 is 0. The number of carbonyl (C=O) groups excluding carboxylic acids is 1. The number of nitrogens with one attached hydrogen (secondary N) is 2. The van der Waals surface area contributed by atoms with Crippen LogP contribution >= 0.6 is 0 Å². The molecule has 5 nitrogen and oxygen atoms in total. The van der Waals surface area contributed by atoms with Crippen LogP contribution in [0.25, 0.3) is 10.8 Å². The quantitative estimate of drug-likeness (QED) is 0.698. The van der Waals surface area contributed by atoms with E-state index >= 15 is 0 Å². The minimum atomic E-state index is -5.03. The van der Waals surface area contributed by atoms with Crippen molar-refractivity contribution < 1.29 is 26.4 Å². The number of halogens is 3. The summed E-state index contributed by atoms with van der Waals surface area (Å²) in [6.45, 7) is 0. The smallest absolute Gasteiger partial charge is 0.318 e. The number of rotatable bonds is 4. The lowest BCUT2D eigenvalue weighted by atomic mass is 10.1. The van der Waals surface area contributed by atoms with Gasteiger partial charge in [-0.05, 0) is 47.2 Å². The van der Waals surface area contributed by atoms with Crippen molar-refractivity contribution in [3.8, 4) is 0 Å². The summed E-state index contributed by atoms with van der Waals surface area (Å²) in [6.07, 6.45) is -5.03. The number of hydrogen-bond donors (Lipinski definition) is 2. The standard InChI is InChI=1S/C18H13F3N2O3S/c19-18(20,21)17(24)22-14-7-9-16(10-8-14)27(25,26)23-15-6-5-12-3-1-2-4-13(12)11-15/h1-11,23H,(H,22,24). The molecule has 3 aromatic rings. The zero-order chi connectivity index (χ0) is 19.7. The number of hydrogen-bond acceptors (Lipinski definition) is 3. The van der Waals surface area contributed by atoms with Crippen LogP contribution in [-0.4, -0.2) is 20.5 Å². The van der Waals surface area contributed by atoms with Gasteiger partial charge in [0.05, 0.1) is 4.90 Å². The maximum Gasteiger partial charge on any atom is 0.471 e. The van der Waals surface area contributed by atoms with Gasteiger partial charge in [-0.1, -0.05) is 30.3 Å². The third kappa shape index (κ3) is 4.37. The molecule has 0 fully saturated rings. The van der Waals surface area contributed by atoms with Gasteiger partial charge in [0.1, 0.15) is 0 Å². The van der Waals surface area contributed by atoms with E-state index in [-0.39, 0.29) is 10.6 Å². The lowest BCUT2D eigenvalue weighted by Crippen LogP contribution is -2.29. The zero-order valence-corrected chi connectivity index (χ0v) is 14.4. The van der Waals surface area contributed by atoms with Crippen molar-refractivity contribution in [2.24, 2.45) is 0 Å². The molecule has 3 rings (SSSR count). The first-order valence-corrected chi connectivity index (χ1v) is 9.13. The number of alkyl halides is 3. The number of anilines is 2. The van der Waals surface area contributed by atoms with E-state index in [2.05, 4.69) is 4.72 Å². The molecule has 0 aliphatic carbocycles. The Hall–Kier alpha value is -3.07. The average molecular weight is 394 g/mol. The molecule has 0 unspecified atom stereocenters. The Morgan fingerprint density at radius 1 is 0.815 bits per heavy atom. The van der Waals surface area contributed by atoms with Crippen molar-refractivity contribution >= 4 is 38.1 Å². The van der Waals surface area contributed by atoms with Crippen LogP contribution in [-0.2, 0) is 14.8 Å². The van der Waals surface area contributed by atoms with E-state index in [0.717, 1.165) is 35.0 Å². The Kier molecular flexibility index (Phi) is 4.79. The second-order valence-electron chi connectivity index (χ2n) is 5.64. The van der Waals surface area contributed by atoms with Gasteiger partial charge in [-0.3, -0.25) is 9.52 Å². The Morgan fingerprint density at radius 3 is 2.04 bits per heavy atom. The summed E-state index contributed by atoms with van der Waals surface area (Å²) in [5.41, 5.74) is 0.185. The van der Waals surface area contributed by atoms with Crippen LogP contribution in [0.4, 0.5) is 24.5 Å². The minimum Gasteiger partial charge on any atom is -0.318 e. The highest BCUT2D eigenvalue weighted by atomic mass is 32.2. The van der Waals surface area contributed by atoms with Crippen molar-refractivity contribution in [1.29, 1.82) is 0 Å². The fourth-order valence-corrected chi connectivity index (χ4v) is 3.44. The van der Waals surface area contributed by atoms with Crippen molar-refractivity contribution in [3.63, 3.8) is 0 Å². The maximum atomic E-state index is 12.5. The first-order chi connectivity index (χ1) is 12.6. The Morgan fingerprint density at radius 2 is 1.41 bits per heavy atom.